The molecule has 0 aliphatic carbocycles. The van der Waals surface area contributed by atoms with Gasteiger partial charge >= 0.3 is 0 Å². The van der Waals surface area contributed by atoms with E-state index in [0.29, 0.717) is 0 Å². The van der Waals surface area contributed by atoms with Crippen molar-refractivity contribution in [2.24, 2.45) is 0 Å². The third-order valence-electron chi connectivity index (χ3n) is 2.42. The molecule has 1 N–H and O–H groups in total. The molecule has 0 amide bonds. The van der Waals surface area contributed by atoms with Gasteiger partial charge in [0.05, 0.1) is 0 Å². The highest BCUT2D eigenvalue weighted by Crippen LogP contribution is 2.30. The quantitative estimate of drug-likeness (QED) is 0.735. The monoisotopic (exact) mass is 219 g/mol. The molecule has 1 aliphatic heterocycles. The highest BCUT2D eigenvalue weighted by atomic mass is 35.5. The largest absolute Gasteiger partial charge is 0.382 e. The van der Waals surface area contributed by atoms with Crippen LogP contribution in [0.2, 0.25) is 0 Å². The SMILES string of the molecule is C1=Cc2c(ccc3ccccc23)ON1.Cl. The van der Waals surface area contributed by atoms with Crippen molar-refractivity contribution >= 4 is 29.3 Å². The lowest BCUT2D eigenvalue weighted by atomic mass is 10.0. The van der Waals surface area contributed by atoms with Crippen LogP contribution in [0.4, 0.5) is 0 Å². The molecule has 0 saturated heterocycles. The van der Waals surface area contributed by atoms with E-state index in [0.717, 1.165) is 11.3 Å². The Kier molecular flexibility index (Phi) is 2.52. The summed E-state index contributed by atoms with van der Waals surface area (Å²) in [6.45, 7) is 0. The molecule has 3 heteroatoms. The highest BCUT2D eigenvalue weighted by molar-refractivity contribution is 5.93. The second-order valence-corrected chi connectivity index (χ2v) is 3.25. The maximum atomic E-state index is 5.29. The second-order valence-electron chi connectivity index (χ2n) is 3.25. The van der Waals surface area contributed by atoms with Gasteiger partial charge in [0.25, 0.3) is 0 Å². The van der Waals surface area contributed by atoms with E-state index in [4.69, 9.17) is 4.84 Å². The van der Waals surface area contributed by atoms with Crippen LogP contribution in [0.5, 0.6) is 5.75 Å². The second kappa shape index (κ2) is 3.83. The van der Waals surface area contributed by atoms with Crippen molar-refractivity contribution in [1.29, 1.82) is 0 Å². The Hall–Kier alpha value is -1.67. The Morgan fingerprint density at radius 3 is 2.80 bits per heavy atom. The summed E-state index contributed by atoms with van der Waals surface area (Å²) in [5.74, 6) is 0.881. The molecule has 0 aromatic heterocycles. The van der Waals surface area contributed by atoms with E-state index in [1.807, 2.05) is 24.3 Å². The zero-order chi connectivity index (χ0) is 9.38. The van der Waals surface area contributed by atoms with Crippen molar-refractivity contribution in [3.8, 4) is 5.75 Å². The van der Waals surface area contributed by atoms with Crippen LogP contribution < -0.4 is 10.3 Å². The molecule has 0 radical (unpaired) electrons. The van der Waals surface area contributed by atoms with Crippen LogP contribution in [0.25, 0.3) is 16.8 Å². The van der Waals surface area contributed by atoms with Crippen molar-refractivity contribution in [3.05, 3.63) is 48.2 Å². The summed E-state index contributed by atoms with van der Waals surface area (Å²) in [6, 6.07) is 12.3. The van der Waals surface area contributed by atoms with E-state index >= 15 is 0 Å². The highest BCUT2D eigenvalue weighted by Gasteiger charge is 2.08. The van der Waals surface area contributed by atoms with Crippen molar-refractivity contribution in [2.45, 2.75) is 0 Å². The van der Waals surface area contributed by atoms with Crippen LogP contribution in [0.15, 0.2) is 42.6 Å². The molecule has 15 heavy (non-hydrogen) atoms. The fourth-order valence-corrected chi connectivity index (χ4v) is 1.75. The van der Waals surface area contributed by atoms with Gasteiger partial charge in [0.15, 0.2) is 5.75 Å². The van der Waals surface area contributed by atoms with Gasteiger partial charge in [-0.1, -0.05) is 30.3 Å². The first-order valence-electron chi connectivity index (χ1n) is 4.56. The molecule has 3 rings (SSSR count). The summed E-state index contributed by atoms with van der Waals surface area (Å²) in [4.78, 5) is 5.29. The van der Waals surface area contributed by atoms with Crippen LogP contribution in [0, 0.1) is 0 Å². The van der Waals surface area contributed by atoms with Crippen LogP contribution in [0.1, 0.15) is 5.56 Å². The van der Waals surface area contributed by atoms with E-state index in [9.17, 15) is 0 Å². The number of halogens is 1. The number of hydrogen-bond donors (Lipinski definition) is 1. The fourth-order valence-electron chi connectivity index (χ4n) is 1.75. The Morgan fingerprint density at radius 1 is 1.00 bits per heavy atom. The predicted octanol–water partition coefficient (Wildman–Crippen LogP) is 3.13. The first-order valence-corrected chi connectivity index (χ1v) is 4.56. The van der Waals surface area contributed by atoms with E-state index in [-0.39, 0.29) is 12.4 Å². The summed E-state index contributed by atoms with van der Waals surface area (Å²) in [7, 11) is 0. The van der Waals surface area contributed by atoms with E-state index < -0.39 is 0 Å². The predicted molar refractivity (Wildman–Crippen MR) is 64.0 cm³/mol. The topological polar surface area (TPSA) is 21.3 Å². The van der Waals surface area contributed by atoms with E-state index in [1.165, 1.54) is 10.8 Å². The van der Waals surface area contributed by atoms with Crippen molar-refractivity contribution in [3.63, 3.8) is 0 Å². The lowest BCUT2D eigenvalue weighted by molar-refractivity contribution is 0.239. The standard InChI is InChI=1S/C12H9NO.ClH/c1-2-4-10-9(3-1)5-6-12-11(10)7-8-13-14-12;/h1-8,13H;1H. The van der Waals surface area contributed by atoms with Gasteiger partial charge in [0.2, 0.25) is 0 Å². The third-order valence-corrected chi connectivity index (χ3v) is 2.42. The maximum Gasteiger partial charge on any atom is 0.162 e. The van der Waals surface area contributed by atoms with Gasteiger partial charge in [-0.3, -0.25) is 0 Å². The molecule has 2 aromatic rings. The molecule has 1 aliphatic rings. The number of benzene rings is 2. The molecule has 76 valence electrons. The molecule has 2 nitrogen and oxygen atoms in total. The summed E-state index contributed by atoms with van der Waals surface area (Å²) < 4.78 is 0. The molecule has 0 atom stereocenters. The summed E-state index contributed by atoms with van der Waals surface area (Å²) >= 11 is 0. The van der Waals surface area contributed by atoms with Gasteiger partial charge in [-0.05, 0) is 22.9 Å². The zero-order valence-electron chi connectivity index (χ0n) is 7.94. The first kappa shape index (κ1) is 9.87. The number of fused-ring (bicyclic) bond motifs is 3. The van der Waals surface area contributed by atoms with Gasteiger partial charge in [0, 0.05) is 11.8 Å². The number of nitrogens with one attached hydrogen (secondary N) is 1. The number of hydroxylamine groups is 1. The molecular weight excluding hydrogens is 210 g/mol. The summed E-state index contributed by atoms with van der Waals surface area (Å²) in [6.07, 6.45) is 3.83. The van der Waals surface area contributed by atoms with Crippen LogP contribution in [0.3, 0.4) is 0 Å². The third kappa shape index (κ3) is 1.53. The Morgan fingerprint density at radius 2 is 1.87 bits per heavy atom. The molecule has 2 aromatic carbocycles. The molecule has 1 heterocycles. The van der Waals surface area contributed by atoms with Gasteiger partial charge in [-0.15, -0.1) is 12.4 Å². The minimum atomic E-state index is 0. The Bertz CT molecular complexity index is 522. The normalized spacial score (nSPS) is 12.3. The molecule has 0 bridgehead atoms. The molecule has 0 fully saturated rings. The van der Waals surface area contributed by atoms with Gasteiger partial charge in [-0.2, -0.15) is 0 Å². The van der Waals surface area contributed by atoms with Crippen molar-refractivity contribution in [1.82, 2.24) is 5.48 Å². The number of hydrogen-bond acceptors (Lipinski definition) is 2. The van der Waals surface area contributed by atoms with Crippen LogP contribution >= 0.6 is 12.4 Å². The average molecular weight is 220 g/mol. The smallest absolute Gasteiger partial charge is 0.162 e. The van der Waals surface area contributed by atoms with Crippen LogP contribution in [-0.4, -0.2) is 0 Å². The minimum Gasteiger partial charge on any atom is -0.382 e. The first-order chi connectivity index (χ1) is 6.95. The molecule has 0 saturated carbocycles. The van der Waals surface area contributed by atoms with Gasteiger partial charge in [-0.25, -0.2) is 5.48 Å². The Labute approximate surface area is 93.9 Å². The van der Waals surface area contributed by atoms with Crippen molar-refractivity contribution < 1.29 is 4.84 Å². The lowest BCUT2D eigenvalue weighted by Crippen LogP contribution is -2.14. The maximum absolute atomic E-state index is 5.29. The molecule has 0 spiro atoms. The summed E-state index contributed by atoms with van der Waals surface area (Å²) in [5, 5.41) is 2.46. The Balaban J connectivity index is 0.000000853. The van der Waals surface area contributed by atoms with Crippen LogP contribution in [-0.2, 0) is 0 Å². The van der Waals surface area contributed by atoms with Crippen molar-refractivity contribution in [2.75, 3.05) is 0 Å². The lowest BCUT2D eigenvalue weighted by Gasteiger charge is -2.14. The fraction of sp³-hybridized carbons (Fsp3) is 0. The average Bonchev–Trinajstić information content (AvgIpc) is 2.29. The molecule has 0 unspecified atom stereocenters. The van der Waals surface area contributed by atoms with Gasteiger partial charge in [0.1, 0.15) is 0 Å². The van der Waals surface area contributed by atoms with Gasteiger partial charge < -0.3 is 4.84 Å². The van der Waals surface area contributed by atoms with E-state index in [2.05, 4.69) is 23.7 Å². The summed E-state index contributed by atoms with van der Waals surface area (Å²) in [5.41, 5.74) is 3.87. The molecular formula is C12H10ClNO. The zero-order valence-corrected chi connectivity index (χ0v) is 8.75. The van der Waals surface area contributed by atoms with E-state index in [1.54, 1.807) is 6.20 Å². The minimum absolute atomic E-state index is 0. The number of rotatable bonds is 0.